The second kappa shape index (κ2) is 10.8. The molecule has 0 radical (unpaired) electrons. The first-order valence-electron chi connectivity index (χ1n) is 10.5. The van der Waals surface area contributed by atoms with E-state index in [1.807, 2.05) is 18.2 Å². The maximum atomic E-state index is 12.3. The maximum absolute atomic E-state index is 12.3. The minimum Gasteiger partial charge on any atom is -0.507 e. The summed E-state index contributed by atoms with van der Waals surface area (Å²) in [5, 5.41) is 13.8. The molecular formula is C25H33Br2NO2S. The van der Waals surface area contributed by atoms with E-state index in [1.54, 1.807) is 11.8 Å². The van der Waals surface area contributed by atoms with Gasteiger partial charge < -0.3 is 10.4 Å². The largest absolute Gasteiger partial charge is 0.507 e. The van der Waals surface area contributed by atoms with Crippen LogP contribution >= 0.6 is 43.6 Å². The summed E-state index contributed by atoms with van der Waals surface area (Å²) in [5.74, 6) is 1.76. The third kappa shape index (κ3) is 7.83. The highest BCUT2D eigenvalue weighted by Crippen LogP contribution is 2.40. The smallest absolute Gasteiger partial charge is 0.234 e. The van der Waals surface area contributed by atoms with E-state index in [4.69, 9.17) is 0 Å². The molecule has 0 unspecified atom stereocenters. The number of hydrogen-bond acceptors (Lipinski definition) is 3. The highest BCUT2D eigenvalue weighted by molar-refractivity contribution is 9.11. The summed E-state index contributed by atoms with van der Waals surface area (Å²) in [4.78, 5) is 12.3. The van der Waals surface area contributed by atoms with Crippen molar-refractivity contribution < 1.29 is 9.90 Å². The van der Waals surface area contributed by atoms with Gasteiger partial charge in [-0.05, 0) is 80.2 Å². The number of rotatable bonds is 7. The van der Waals surface area contributed by atoms with Crippen molar-refractivity contribution in [3.05, 3.63) is 56.0 Å². The van der Waals surface area contributed by atoms with Crippen molar-refractivity contribution in [2.24, 2.45) is 0 Å². The lowest BCUT2D eigenvalue weighted by Crippen LogP contribution is -2.18. The van der Waals surface area contributed by atoms with E-state index in [0.29, 0.717) is 11.5 Å². The van der Waals surface area contributed by atoms with Gasteiger partial charge in [0.25, 0.3) is 0 Å². The fraction of sp³-hybridized carbons (Fsp3) is 0.480. The predicted octanol–water partition coefficient (Wildman–Crippen LogP) is 7.82. The Kier molecular flexibility index (Phi) is 9.12. The third-order valence-corrected chi connectivity index (χ3v) is 7.20. The molecular weight excluding hydrogens is 538 g/mol. The summed E-state index contributed by atoms with van der Waals surface area (Å²) in [5.41, 5.74) is 3.79. The summed E-state index contributed by atoms with van der Waals surface area (Å²) < 4.78 is 1.79. The van der Waals surface area contributed by atoms with Gasteiger partial charge in [-0.15, -0.1) is 0 Å². The molecule has 0 aliphatic rings. The van der Waals surface area contributed by atoms with Crippen LogP contribution in [0.5, 0.6) is 5.75 Å². The minimum absolute atomic E-state index is 0.00142. The summed E-state index contributed by atoms with van der Waals surface area (Å²) in [6.45, 7) is 12.8. The number of anilines is 1. The van der Waals surface area contributed by atoms with Gasteiger partial charge in [0, 0.05) is 8.95 Å². The second-order valence-electron chi connectivity index (χ2n) is 9.87. The number of nitrogens with one attached hydrogen (secondary N) is 1. The Balaban J connectivity index is 1.93. The van der Waals surface area contributed by atoms with Crippen LogP contribution in [-0.2, 0) is 22.0 Å². The molecule has 2 rings (SSSR count). The lowest BCUT2D eigenvalue weighted by Gasteiger charge is -2.28. The van der Waals surface area contributed by atoms with E-state index >= 15 is 0 Å². The molecule has 0 heterocycles. The van der Waals surface area contributed by atoms with E-state index in [9.17, 15) is 9.90 Å². The minimum atomic E-state index is -0.117. The number of aryl methyl sites for hydroxylation is 1. The van der Waals surface area contributed by atoms with Crippen LogP contribution in [0.4, 0.5) is 5.69 Å². The Morgan fingerprint density at radius 2 is 1.58 bits per heavy atom. The molecule has 1 amide bonds. The van der Waals surface area contributed by atoms with Gasteiger partial charge in [0.15, 0.2) is 0 Å². The van der Waals surface area contributed by atoms with Crippen LogP contribution in [0.15, 0.2) is 39.3 Å². The van der Waals surface area contributed by atoms with Gasteiger partial charge in [-0.1, -0.05) is 69.6 Å². The van der Waals surface area contributed by atoms with Gasteiger partial charge in [0.1, 0.15) is 5.75 Å². The summed E-state index contributed by atoms with van der Waals surface area (Å²) in [6.07, 6.45) is 1.91. The molecule has 31 heavy (non-hydrogen) atoms. The molecule has 0 fully saturated rings. The quantitative estimate of drug-likeness (QED) is 0.334. The number of phenolic OH excluding ortho intramolecular Hbond substituents is 1. The predicted molar refractivity (Wildman–Crippen MR) is 142 cm³/mol. The normalized spacial score (nSPS) is 12.1. The monoisotopic (exact) mass is 569 g/mol. The van der Waals surface area contributed by atoms with Crippen molar-refractivity contribution in [3.63, 3.8) is 0 Å². The van der Waals surface area contributed by atoms with Crippen molar-refractivity contribution in [2.75, 3.05) is 16.8 Å². The first-order chi connectivity index (χ1) is 14.3. The van der Waals surface area contributed by atoms with Crippen LogP contribution in [0.2, 0.25) is 0 Å². The zero-order valence-electron chi connectivity index (χ0n) is 19.2. The summed E-state index contributed by atoms with van der Waals surface area (Å²) in [6, 6.07) is 10.0. The molecule has 2 aromatic rings. The van der Waals surface area contributed by atoms with Crippen LogP contribution in [0.3, 0.4) is 0 Å². The van der Waals surface area contributed by atoms with E-state index in [2.05, 4.69) is 90.9 Å². The van der Waals surface area contributed by atoms with Crippen LogP contribution in [0.25, 0.3) is 0 Å². The molecule has 6 heteroatoms. The number of aromatic hydroxyl groups is 1. The van der Waals surface area contributed by atoms with E-state index in [-0.39, 0.29) is 16.7 Å². The lowest BCUT2D eigenvalue weighted by atomic mass is 9.78. The third-order valence-electron chi connectivity index (χ3n) is 4.98. The number of carbonyl (C=O) groups excluding carboxylic acids is 1. The molecule has 170 valence electrons. The molecule has 0 aliphatic heterocycles. The molecule has 2 aromatic carbocycles. The van der Waals surface area contributed by atoms with E-state index in [0.717, 1.165) is 44.4 Å². The van der Waals surface area contributed by atoms with Gasteiger partial charge in [0.05, 0.1) is 11.4 Å². The fourth-order valence-corrected chi connectivity index (χ4v) is 4.76. The van der Waals surface area contributed by atoms with E-state index < -0.39 is 0 Å². The molecule has 0 aromatic heterocycles. The molecule has 0 spiro atoms. The van der Waals surface area contributed by atoms with Crippen LogP contribution < -0.4 is 5.32 Å². The zero-order valence-corrected chi connectivity index (χ0v) is 23.2. The first kappa shape index (κ1) is 26.3. The molecule has 0 saturated carbocycles. The van der Waals surface area contributed by atoms with Crippen molar-refractivity contribution in [1.29, 1.82) is 0 Å². The molecule has 0 saturated heterocycles. The number of amides is 1. The second-order valence-corrected chi connectivity index (χ2v) is 12.7. The van der Waals surface area contributed by atoms with Gasteiger partial charge in [-0.2, -0.15) is 11.8 Å². The Morgan fingerprint density at radius 3 is 2.13 bits per heavy atom. The standard InChI is InChI=1S/C25H33Br2NO2S/c1-24(2,3)18-12-16(13-19(23(18)30)25(4,5)6)8-7-11-31-15-22(29)28-21-14-17(26)9-10-20(21)27/h9-10,12-14,30H,7-8,11,15H2,1-6H3,(H,28,29). The number of benzene rings is 2. The Labute approximate surface area is 208 Å². The highest BCUT2D eigenvalue weighted by Gasteiger charge is 2.26. The number of thioether (sulfide) groups is 1. The number of carbonyl (C=O) groups is 1. The van der Waals surface area contributed by atoms with Crippen molar-refractivity contribution in [1.82, 2.24) is 0 Å². The van der Waals surface area contributed by atoms with Crippen LogP contribution in [-0.4, -0.2) is 22.5 Å². The van der Waals surface area contributed by atoms with Gasteiger partial charge in [-0.25, -0.2) is 0 Å². The van der Waals surface area contributed by atoms with Crippen LogP contribution in [0, 0.1) is 0 Å². The van der Waals surface area contributed by atoms with Crippen molar-refractivity contribution >= 4 is 55.2 Å². The summed E-state index contributed by atoms with van der Waals surface area (Å²) >= 11 is 8.53. The van der Waals surface area contributed by atoms with Crippen molar-refractivity contribution in [3.8, 4) is 5.75 Å². The number of hydrogen-bond donors (Lipinski definition) is 2. The fourth-order valence-electron chi connectivity index (χ4n) is 3.30. The number of phenols is 1. The Morgan fingerprint density at radius 1 is 1.00 bits per heavy atom. The molecule has 0 bridgehead atoms. The van der Waals surface area contributed by atoms with Crippen molar-refractivity contribution in [2.45, 2.75) is 65.2 Å². The topological polar surface area (TPSA) is 49.3 Å². The average Bonchev–Trinajstić information content (AvgIpc) is 2.63. The first-order valence-corrected chi connectivity index (χ1v) is 13.2. The molecule has 3 nitrogen and oxygen atoms in total. The lowest BCUT2D eigenvalue weighted by molar-refractivity contribution is -0.113. The molecule has 2 N–H and O–H groups in total. The zero-order chi connectivity index (χ0) is 23.4. The summed E-state index contributed by atoms with van der Waals surface area (Å²) in [7, 11) is 0. The van der Waals surface area contributed by atoms with Gasteiger partial charge in [-0.3, -0.25) is 4.79 Å². The molecule has 0 aliphatic carbocycles. The highest BCUT2D eigenvalue weighted by atomic mass is 79.9. The Hall–Kier alpha value is -0.980. The number of halogens is 2. The van der Waals surface area contributed by atoms with Gasteiger partial charge in [0.2, 0.25) is 5.91 Å². The maximum Gasteiger partial charge on any atom is 0.234 e. The SMILES string of the molecule is CC(C)(C)c1cc(CCCSCC(=O)Nc2cc(Br)ccc2Br)cc(C(C)(C)C)c1O. The van der Waals surface area contributed by atoms with E-state index in [1.165, 1.54) is 5.56 Å². The average molecular weight is 571 g/mol. The molecule has 0 atom stereocenters. The van der Waals surface area contributed by atoms with Crippen LogP contribution in [0.1, 0.15) is 64.7 Å². The Bertz CT molecular complexity index is 895. The van der Waals surface area contributed by atoms with Gasteiger partial charge >= 0.3 is 0 Å².